The first-order valence-corrected chi connectivity index (χ1v) is 10.4. The maximum absolute atomic E-state index is 13.5. The quantitative estimate of drug-likeness (QED) is 0.377. The third kappa shape index (κ3) is 5.22. The molecule has 0 unspecified atom stereocenters. The fourth-order valence-corrected chi connectivity index (χ4v) is 3.30. The van der Waals surface area contributed by atoms with Gasteiger partial charge in [-0.25, -0.2) is 9.37 Å². The topological polar surface area (TPSA) is 100 Å². The Bertz CT molecular complexity index is 1420. The number of benzene rings is 3. The zero-order valence-electron chi connectivity index (χ0n) is 18.6. The third-order valence-corrected chi connectivity index (χ3v) is 5.01. The number of nitriles is 1. The molecule has 0 aliphatic heterocycles. The van der Waals surface area contributed by atoms with Gasteiger partial charge in [0.05, 0.1) is 23.7 Å². The molecule has 0 saturated heterocycles. The van der Waals surface area contributed by atoms with E-state index < -0.39 is 5.82 Å². The number of rotatable bonds is 7. The summed E-state index contributed by atoms with van der Waals surface area (Å²) in [6.07, 6.45) is 1.63. The van der Waals surface area contributed by atoms with Gasteiger partial charge in [0.25, 0.3) is 5.91 Å². The molecule has 0 fully saturated rings. The Kier molecular flexibility index (Phi) is 6.55. The lowest BCUT2D eigenvalue weighted by Crippen LogP contribution is -2.20. The predicted molar refractivity (Wildman–Crippen MR) is 128 cm³/mol. The lowest BCUT2D eigenvalue weighted by Gasteiger charge is -2.12. The summed E-state index contributed by atoms with van der Waals surface area (Å²) in [4.78, 5) is 19.5. The number of hydrogen-bond donors (Lipinski definition) is 2. The van der Waals surface area contributed by atoms with E-state index in [4.69, 9.17) is 9.47 Å². The molecule has 4 rings (SSSR count). The van der Waals surface area contributed by atoms with Gasteiger partial charge in [-0.1, -0.05) is 23.8 Å². The molecule has 8 heteroatoms. The third-order valence-electron chi connectivity index (χ3n) is 5.01. The Morgan fingerprint density at radius 2 is 1.94 bits per heavy atom. The molecule has 0 saturated carbocycles. The number of allylic oxidation sites excluding steroid dienone is 1. The number of aromatic nitrogens is 2. The Morgan fingerprint density at radius 1 is 1.15 bits per heavy atom. The Morgan fingerprint density at radius 3 is 2.68 bits per heavy atom. The van der Waals surface area contributed by atoms with E-state index in [9.17, 15) is 14.4 Å². The second kappa shape index (κ2) is 9.88. The van der Waals surface area contributed by atoms with Gasteiger partial charge in [-0.3, -0.25) is 4.79 Å². The number of aryl methyl sites for hydroxylation is 1. The van der Waals surface area contributed by atoms with E-state index in [1.165, 1.54) is 19.2 Å². The number of amides is 1. The first-order valence-electron chi connectivity index (χ1n) is 10.4. The lowest BCUT2D eigenvalue weighted by molar-refractivity contribution is -0.118. The highest BCUT2D eigenvalue weighted by Crippen LogP contribution is 2.30. The van der Waals surface area contributed by atoms with E-state index in [1.54, 1.807) is 30.3 Å². The molecule has 3 aromatic carbocycles. The van der Waals surface area contributed by atoms with Crippen LogP contribution in [-0.4, -0.2) is 29.6 Å². The smallest absolute Gasteiger partial charge is 0.262 e. The molecular formula is C26H21FN4O3. The van der Waals surface area contributed by atoms with Crippen LogP contribution in [0.25, 0.3) is 22.7 Å². The fraction of sp³-hybridized carbons (Fsp3) is 0.115. The number of carbonyl (C=O) groups excluding carboxylic acids is 1. The van der Waals surface area contributed by atoms with Crippen molar-refractivity contribution in [2.24, 2.45) is 0 Å². The standard InChI is InChI=1S/C26H21FN4O3/c1-16-3-7-20(8-4-16)29-25(32)15-34-23-10-5-17(12-24(23)33-2)11-18(14-28)26-30-21-9-6-19(27)13-22(21)31-26/h3-13H,15H2,1-2H3,(H,29,32)(H,30,31)/b18-11-. The molecule has 1 heterocycles. The summed E-state index contributed by atoms with van der Waals surface area (Å²) in [5.74, 6) is 0.425. The molecular weight excluding hydrogens is 435 g/mol. The number of H-pyrrole nitrogens is 1. The number of ether oxygens (including phenoxy) is 2. The van der Waals surface area contributed by atoms with Crippen LogP contribution in [-0.2, 0) is 4.79 Å². The largest absolute Gasteiger partial charge is 0.493 e. The molecule has 0 atom stereocenters. The van der Waals surface area contributed by atoms with E-state index >= 15 is 0 Å². The molecule has 1 aromatic heterocycles. The fourth-order valence-electron chi connectivity index (χ4n) is 3.30. The molecule has 0 spiro atoms. The van der Waals surface area contributed by atoms with Crippen LogP contribution < -0.4 is 14.8 Å². The monoisotopic (exact) mass is 456 g/mol. The van der Waals surface area contributed by atoms with Crippen LogP contribution in [0, 0.1) is 24.1 Å². The number of carbonyl (C=O) groups is 1. The minimum Gasteiger partial charge on any atom is -0.493 e. The van der Waals surface area contributed by atoms with Crippen LogP contribution >= 0.6 is 0 Å². The van der Waals surface area contributed by atoms with Gasteiger partial charge in [0.1, 0.15) is 17.7 Å². The van der Waals surface area contributed by atoms with Crippen LogP contribution in [0.5, 0.6) is 11.5 Å². The molecule has 0 bridgehead atoms. The first kappa shape index (κ1) is 22.6. The van der Waals surface area contributed by atoms with Crippen LogP contribution in [0.15, 0.2) is 60.7 Å². The summed E-state index contributed by atoms with van der Waals surface area (Å²) >= 11 is 0. The molecule has 1 amide bonds. The van der Waals surface area contributed by atoms with Gasteiger partial charge < -0.3 is 19.8 Å². The van der Waals surface area contributed by atoms with Crippen LogP contribution in [0.2, 0.25) is 0 Å². The maximum Gasteiger partial charge on any atom is 0.262 e. The van der Waals surface area contributed by atoms with E-state index in [2.05, 4.69) is 21.4 Å². The van der Waals surface area contributed by atoms with Gasteiger partial charge >= 0.3 is 0 Å². The van der Waals surface area contributed by atoms with Crippen molar-refractivity contribution in [3.05, 3.63) is 83.4 Å². The van der Waals surface area contributed by atoms with E-state index in [-0.39, 0.29) is 18.1 Å². The molecule has 0 aliphatic carbocycles. The highest BCUT2D eigenvalue weighted by molar-refractivity contribution is 5.92. The lowest BCUT2D eigenvalue weighted by atomic mass is 10.1. The highest BCUT2D eigenvalue weighted by atomic mass is 19.1. The van der Waals surface area contributed by atoms with Gasteiger partial charge in [-0.15, -0.1) is 0 Å². The SMILES string of the molecule is COc1cc(/C=C(/C#N)c2nc3ccc(F)cc3[nH]2)ccc1OCC(=O)Nc1ccc(C)cc1. The average molecular weight is 456 g/mol. The number of anilines is 1. The molecule has 2 N–H and O–H groups in total. The van der Waals surface area contributed by atoms with Crippen molar-refractivity contribution in [1.82, 2.24) is 9.97 Å². The first-order chi connectivity index (χ1) is 16.4. The van der Waals surface area contributed by atoms with Crippen molar-refractivity contribution in [1.29, 1.82) is 5.26 Å². The van der Waals surface area contributed by atoms with Crippen molar-refractivity contribution in [3.63, 3.8) is 0 Å². The summed E-state index contributed by atoms with van der Waals surface area (Å²) in [5.41, 5.74) is 3.77. The average Bonchev–Trinajstić information content (AvgIpc) is 3.26. The van der Waals surface area contributed by atoms with Crippen molar-refractivity contribution < 1.29 is 18.7 Å². The maximum atomic E-state index is 13.5. The number of aromatic amines is 1. The molecule has 0 radical (unpaired) electrons. The number of hydrogen-bond acceptors (Lipinski definition) is 5. The van der Waals surface area contributed by atoms with Gasteiger partial charge in [-0.05, 0) is 61.0 Å². The zero-order chi connectivity index (χ0) is 24.1. The van der Waals surface area contributed by atoms with Crippen LogP contribution in [0.4, 0.5) is 10.1 Å². The highest BCUT2D eigenvalue weighted by Gasteiger charge is 2.12. The molecule has 0 aliphatic rings. The Labute approximate surface area is 195 Å². The van der Waals surface area contributed by atoms with Gasteiger partial charge in [0, 0.05) is 5.69 Å². The molecule has 170 valence electrons. The van der Waals surface area contributed by atoms with E-state index in [0.29, 0.717) is 39.6 Å². The van der Waals surface area contributed by atoms with Gasteiger partial charge in [0.2, 0.25) is 0 Å². The second-order valence-electron chi connectivity index (χ2n) is 7.53. The van der Waals surface area contributed by atoms with Crippen LogP contribution in [0.3, 0.4) is 0 Å². The van der Waals surface area contributed by atoms with Crippen molar-refractivity contribution in [3.8, 4) is 17.6 Å². The van der Waals surface area contributed by atoms with Crippen molar-refractivity contribution >= 4 is 34.3 Å². The van der Waals surface area contributed by atoms with Crippen molar-refractivity contribution in [2.75, 3.05) is 19.0 Å². The number of halogens is 1. The molecule has 34 heavy (non-hydrogen) atoms. The minimum absolute atomic E-state index is 0.196. The minimum atomic E-state index is -0.391. The molecule has 4 aromatic rings. The normalized spacial score (nSPS) is 11.2. The number of methoxy groups -OCH3 is 1. The molecule has 7 nitrogen and oxygen atoms in total. The Hall–Kier alpha value is -4.64. The number of nitrogens with zero attached hydrogens (tertiary/aromatic N) is 2. The summed E-state index contributed by atoms with van der Waals surface area (Å²) in [6, 6.07) is 18.8. The van der Waals surface area contributed by atoms with Crippen LogP contribution in [0.1, 0.15) is 17.0 Å². The van der Waals surface area contributed by atoms with Gasteiger partial charge in [-0.2, -0.15) is 5.26 Å². The van der Waals surface area contributed by atoms with E-state index in [1.807, 2.05) is 31.2 Å². The number of nitrogens with one attached hydrogen (secondary N) is 2. The van der Waals surface area contributed by atoms with Gasteiger partial charge in [0.15, 0.2) is 18.1 Å². The Balaban J connectivity index is 1.49. The summed E-state index contributed by atoms with van der Waals surface area (Å²) in [6.45, 7) is 1.77. The summed E-state index contributed by atoms with van der Waals surface area (Å²) < 4.78 is 24.5. The van der Waals surface area contributed by atoms with Crippen molar-refractivity contribution in [2.45, 2.75) is 6.92 Å². The predicted octanol–water partition coefficient (Wildman–Crippen LogP) is 5.10. The summed E-state index contributed by atoms with van der Waals surface area (Å²) in [7, 11) is 1.49. The number of imidazole rings is 1. The second-order valence-corrected chi connectivity index (χ2v) is 7.53. The number of fused-ring (bicyclic) bond motifs is 1. The zero-order valence-corrected chi connectivity index (χ0v) is 18.6. The van der Waals surface area contributed by atoms with E-state index in [0.717, 1.165) is 5.56 Å². The summed E-state index contributed by atoms with van der Waals surface area (Å²) in [5, 5.41) is 12.4.